The van der Waals surface area contributed by atoms with E-state index in [1.807, 2.05) is 42.5 Å². The smallest absolute Gasteiger partial charge is 0.288 e. The third-order valence-electron chi connectivity index (χ3n) is 6.15. The molecule has 2 saturated heterocycles. The highest BCUT2D eigenvalue weighted by Gasteiger charge is 2.45. The van der Waals surface area contributed by atoms with E-state index >= 15 is 0 Å². The van der Waals surface area contributed by atoms with Crippen molar-refractivity contribution in [2.45, 2.75) is 18.9 Å². The summed E-state index contributed by atoms with van der Waals surface area (Å²) in [5.74, 6) is 0.935. The minimum Gasteiger partial charge on any atom is -0.506 e. The number of hydrogen-bond donors (Lipinski definition) is 2. The van der Waals surface area contributed by atoms with E-state index in [1.54, 1.807) is 13.2 Å². The topological polar surface area (TPSA) is 74.5 Å². The molecule has 0 radical (unpaired) electrons. The monoisotopic (exact) mass is 410 g/mol. The summed E-state index contributed by atoms with van der Waals surface area (Å²) in [6, 6.07) is 14.7. The lowest BCUT2D eigenvalue weighted by Crippen LogP contribution is -3.19. The Hall–Kier alpha value is -3.06. The van der Waals surface area contributed by atoms with Gasteiger partial charge in [0.15, 0.2) is 6.04 Å². The molecule has 1 atom stereocenters. The van der Waals surface area contributed by atoms with E-state index in [-0.39, 0.29) is 30.0 Å². The van der Waals surface area contributed by atoms with Crippen LogP contribution in [0.5, 0.6) is 11.5 Å². The molecule has 2 aliphatic heterocycles. The lowest BCUT2D eigenvalue weighted by atomic mass is 10.1. The van der Waals surface area contributed by atoms with Crippen LogP contribution in [0.15, 0.2) is 48.5 Å². The number of nitrogens with zero attached hydrogens (tertiary/aromatic N) is 2. The van der Waals surface area contributed by atoms with Gasteiger partial charge < -0.3 is 19.6 Å². The zero-order chi connectivity index (χ0) is 21.1. The van der Waals surface area contributed by atoms with Crippen molar-refractivity contribution in [1.82, 2.24) is 4.90 Å². The largest absolute Gasteiger partial charge is 0.506 e. The number of phenolic OH excluding ortho intramolecular Hbond substituents is 1. The van der Waals surface area contributed by atoms with Crippen LogP contribution in [-0.2, 0) is 16.0 Å². The number of ether oxygens (including phenoxy) is 1. The lowest BCUT2D eigenvalue weighted by molar-refractivity contribution is -0.915. The third-order valence-corrected chi connectivity index (χ3v) is 6.15. The van der Waals surface area contributed by atoms with Gasteiger partial charge in [0.2, 0.25) is 5.91 Å². The van der Waals surface area contributed by atoms with Gasteiger partial charge in [-0.3, -0.25) is 14.5 Å². The molecule has 0 saturated carbocycles. The molecule has 30 heavy (non-hydrogen) atoms. The Labute approximate surface area is 176 Å². The van der Waals surface area contributed by atoms with E-state index in [9.17, 15) is 14.7 Å². The van der Waals surface area contributed by atoms with Crippen molar-refractivity contribution >= 4 is 17.5 Å². The van der Waals surface area contributed by atoms with Crippen molar-refractivity contribution < 1.29 is 24.3 Å². The number of amides is 2. The van der Waals surface area contributed by atoms with E-state index < -0.39 is 0 Å². The Morgan fingerprint density at radius 1 is 1.07 bits per heavy atom. The highest BCUT2D eigenvalue weighted by molar-refractivity contribution is 6.04. The van der Waals surface area contributed by atoms with Crippen molar-refractivity contribution in [3.05, 3.63) is 54.1 Å². The summed E-state index contributed by atoms with van der Waals surface area (Å²) in [5, 5.41) is 10.1. The van der Waals surface area contributed by atoms with Crippen LogP contribution in [0.4, 0.5) is 5.69 Å². The number of quaternary nitrogens is 1. The quantitative estimate of drug-likeness (QED) is 0.678. The van der Waals surface area contributed by atoms with Gasteiger partial charge in [0.1, 0.15) is 11.5 Å². The molecule has 0 bridgehead atoms. The molecule has 2 N–H and O–H groups in total. The van der Waals surface area contributed by atoms with E-state index in [1.165, 1.54) is 4.90 Å². The minimum atomic E-state index is -0.292. The maximum absolute atomic E-state index is 13.0. The predicted octanol–water partition coefficient (Wildman–Crippen LogP) is 0.476. The van der Waals surface area contributed by atoms with Crippen LogP contribution in [0.2, 0.25) is 0 Å². The fourth-order valence-corrected chi connectivity index (χ4v) is 4.38. The van der Waals surface area contributed by atoms with Gasteiger partial charge in [-0.2, -0.15) is 0 Å². The molecular weight excluding hydrogens is 382 g/mol. The van der Waals surface area contributed by atoms with Crippen LogP contribution in [-0.4, -0.2) is 67.7 Å². The number of rotatable bonds is 6. The summed E-state index contributed by atoms with van der Waals surface area (Å²) in [6.07, 6.45) is 0.929. The Kier molecular flexibility index (Phi) is 5.90. The van der Waals surface area contributed by atoms with Gasteiger partial charge in [0.25, 0.3) is 5.91 Å². The zero-order valence-corrected chi connectivity index (χ0v) is 17.2. The number of carbonyl (C=O) groups excluding carboxylic acids is 2. The Balaban J connectivity index is 1.33. The van der Waals surface area contributed by atoms with Crippen LogP contribution in [0.25, 0.3) is 0 Å². The number of imide groups is 1. The van der Waals surface area contributed by atoms with Crippen LogP contribution in [0.3, 0.4) is 0 Å². The van der Waals surface area contributed by atoms with E-state index in [0.717, 1.165) is 48.1 Å². The van der Waals surface area contributed by atoms with Crippen LogP contribution < -0.4 is 14.5 Å². The normalized spacial score (nSPS) is 20.1. The molecule has 2 aliphatic rings. The molecule has 0 spiro atoms. The van der Waals surface area contributed by atoms with Crippen LogP contribution in [0, 0.1) is 0 Å². The van der Waals surface area contributed by atoms with Crippen molar-refractivity contribution in [2.75, 3.05) is 44.7 Å². The molecule has 4 rings (SSSR count). The second-order valence-corrected chi connectivity index (χ2v) is 7.87. The highest BCUT2D eigenvalue weighted by atomic mass is 16.5. The molecule has 2 heterocycles. The van der Waals surface area contributed by atoms with Crippen molar-refractivity contribution in [3.8, 4) is 11.5 Å². The first-order valence-corrected chi connectivity index (χ1v) is 10.4. The van der Waals surface area contributed by atoms with Crippen molar-refractivity contribution in [3.63, 3.8) is 0 Å². The Morgan fingerprint density at radius 2 is 1.77 bits per heavy atom. The highest BCUT2D eigenvalue weighted by Crippen LogP contribution is 2.26. The van der Waals surface area contributed by atoms with E-state index in [4.69, 9.17) is 4.74 Å². The van der Waals surface area contributed by atoms with Gasteiger partial charge in [0, 0.05) is 6.54 Å². The molecule has 7 heteroatoms. The number of hydrogen-bond acceptors (Lipinski definition) is 5. The fourth-order valence-electron chi connectivity index (χ4n) is 4.38. The number of anilines is 1. The molecule has 2 aromatic carbocycles. The molecule has 7 nitrogen and oxygen atoms in total. The number of piperazine rings is 1. The second-order valence-electron chi connectivity index (χ2n) is 7.87. The first-order valence-electron chi connectivity index (χ1n) is 10.4. The number of carbonyl (C=O) groups is 2. The summed E-state index contributed by atoms with van der Waals surface area (Å²) >= 11 is 0. The summed E-state index contributed by atoms with van der Waals surface area (Å²) in [7, 11) is 1.63. The van der Waals surface area contributed by atoms with Gasteiger partial charge in [-0.15, -0.1) is 0 Å². The lowest BCUT2D eigenvalue weighted by Gasteiger charge is -2.35. The minimum absolute atomic E-state index is 0.0560. The fraction of sp³-hybridized carbons (Fsp3) is 0.391. The van der Waals surface area contributed by atoms with E-state index in [0.29, 0.717) is 13.0 Å². The second kappa shape index (κ2) is 8.75. The number of benzene rings is 2. The molecule has 0 aromatic heterocycles. The summed E-state index contributed by atoms with van der Waals surface area (Å²) in [4.78, 5) is 30.2. The Bertz CT molecular complexity index is 907. The first kappa shape index (κ1) is 20.2. The molecule has 2 amide bonds. The Morgan fingerprint density at radius 3 is 2.43 bits per heavy atom. The molecule has 158 valence electrons. The molecular formula is C23H28N3O4+. The maximum atomic E-state index is 13.0. The summed E-state index contributed by atoms with van der Waals surface area (Å²) < 4.78 is 5.17. The summed E-state index contributed by atoms with van der Waals surface area (Å²) in [5.41, 5.74) is 1.90. The third kappa shape index (κ3) is 4.11. The van der Waals surface area contributed by atoms with Crippen molar-refractivity contribution in [2.24, 2.45) is 0 Å². The number of methoxy groups -OCH3 is 1. The average molecular weight is 410 g/mol. The van der Waals surface area contributed by atoms with Gasteiger partial charge in [-0.25, -0.2) is 0 Å². The van der Waals surface area contributed by atoms with E-state index in [2.05, 4.69) is 4.90 Å². The number of aromatic hydroxyl groups is 1. The predicted molar refractivity (Wildman–Crippen MR) is 113 cm³/mol. The number of para-hydroxylation sites is 2. The molecule has 2 aromatic rings. The maximum Gasteiger partial charge on any atom is 0.288 e. The van der Waals surface area contributed by atoms with Gasteiger partial charge in [0.05, 0.1) is 45.4 Å². The first-order chi connectivity index (χ1) is 14.6. The SMILES string of the molecule is COc1ccc(CCN2C(=O)C[C@H]([NH+]3CCN(c4ccccc4O)CC3)C2=O)cc1. The van der Waals surface area contributed by atoms with Crippen LogP contribution >= 0.6 is 0 Å². The number of nitrogens with one attached hydrogen (secondary N) is 1. The van der Waals surface area contributed by atoms with Gasteiger partial charge in [-0.1, -0.05) is 24.3 Å². The molecule has 0 unspecified atom stereocenters. The van der Waals surface area contributed by atoms with Gasteiger partial charge in [-0.05, 0) is 36.2 Å². The van der Waals surface area contributed by atoms with Gasteiger partial charge >= 0.3 is 0 Å². The number of phenols is 1. The summed E-state index contributed by atoms with van der Waals surface area (Å²) in [6.45, 7) is 3.44. The van der Waals surface area contributed by atoms with Crippen LogP contribution in [0.1, 0.15) is 12.0 Å². The molecule has 0 aliphatic carbocycles. The molecule has 2 fully saturated rings. The van der Waals surface area contributed by atoms with Crippen molar-refractivity contribution in [1.29, 1.82) is 0 Å². The standard InChI is InChI=1S/C23H27N3O4/c1-30-18-8-6-17(7-9-18)10-11-26-22(28)16-20(23(26)29)25-14-12-24(13-15-25)19-4-2-3-5-21(19)27/h2-9,20,27H,10-16H2,1H3/p+1/t20-/m0/s1. The number of likely N-dealkylation sites (tertiary alicyclic amines) is 1. The zero-order valence-electron chi connectivity index (χ0n) is 17.2. The average Bonchev–Trinajstić information content (AvgIpc) is 3.06.